The third kappa shape index (κ3) is 4.90. The highest BCUT2D eigenvalue weighted by atomic mass is 35.5. The molecule has 1 aliphatic carbocycles. The van der Waals surface area contributed by atoms with Crippen LogP contribution in [0, 0.1) is 17.0 Å². The van der Waals surface area contributed by atoms with Crippen LogP contribution in [-0.2, 0) is 9.47 Å². The lowest BCUT2D eigenvalue weighted by atomic mass is 9.90. The fraction of sp³-hybridized carbons (Fsp3) is 0.632. The van der Waals surface area contributed by atoms with Gasteiger partial charge in [0.2, 0.25) is 5.28 Å². The van der Waals surface area contributed by atoms with Crippen molar-refractivity contribution in [2.75, 3.05) is 31.7 Å². The molecule has 0 amide bonds. The summed E-state index contributed by atoms with van der Waals surface area (Å²) >= 11 is 11.8. The zero-order chi connectivity index (χ0) is 22.7. The van der Waals surface area contributed by atoms with E-state index in [1.54, 1.807) is 11.6 Å². The summed E-state index contributed by atoms with van der Waals surface area (Å²) in [6.07, 6.45) is 4.97. The lowest BCUT2D eigenvalue weighted by molar-refractivity contribution is -0.386. The number of hydrogen-bond donors (Lipinski definition) is 1. The Labute approximate surface area is 194 Å². The molecule has 0 unspecified atom stereocenters. The Bertz CT molecular complexity index is 971. The van der Waals surface area contributed by atoms with Crippen LogP contribution >= 0.6 is 23.2 Å². The van der Waals surface area contributed by atoms with Crippen molar-refractivity contribution in [2.24, 2.45) is 0 Å². The summed E-state index contributed by atoms with van der Waals surface area (Å²) in [6, 6.07) is 0.0378. The van der Waals surface area contributed by atoms with Gasteiger partial charge in [-0.05, 0) is 37.8 Å². The highest BCUT2D eigenvalue weighted by molar-refractivity contribution is 6.33. The molecule has 1 spiro atoms. The largest absolute Gasteiger partial charge is 0.472 e. The van der Waals surface area contributed by atoms with Crippen LogP contribution in [0.4, 0.5) is 11.5 Å². The Morgan fingerprint density at radius 2 is 2.06 bits per heavy atom. The Balaban J connectivity index is 1.35. The van der Waals surface area contributed by atoms with Crippen LogP contribution in [0.15, 0.2) is 6.20 Å². The van der Waals surface area contributed by atoms with E-state index in [1.165, 1.54) is 6.20 Å². The summed E-state index contributed by atoms with van der Waals surface area (Å²) in [6.45, 7) is 3.63. The minimum Gasteiger partial charge on any atom is -0.472 e. The maximum Gasteiger partial charge on any atom is 0.352 e. The second-order valence-corrected chi connectivity index (χ2v) is 8.49. The van der Waals surface area contributed by atoms with Gasteiger partial charge in [-0.25, -0.2) is 4.98 Å². The van der Waals surface area contributed by atoms with Crippen LogP contribution in [-0.4, -0.2) is 56.8 Å². The first-order valence-electron chi connectivity index (χ1n) is 10.4. The van der Waals surface area contributed by atoms with Crippen molar-refractivity contribution in [3.63, 3.8) is 0 Å². The minimum absolute atomic E-state index is 0.0317. The number of aromatic nitrogens is 4. The molecule has 0 atom stereocenters. The molecule has 11 nitrogen and oxygen atoms in total. The fourth-order valence-corrected chi connectivity index (χ4v) is 4.43. The van der Waals surface area contributed by atoms with Gasteiger partial charge in [-0.1, -0.05) is 11.6 Å². The highest BCUT2D eigenvalue weighted by Gasteiger charge is 2.42. The summed E-state index contributed by atoms with van der Waals surface area (Å²) in [7, 11) is 0. The number of rotatable bonds is 8. The van der Waals surface area contributed by atoms with E-state index < -0.39 is 10.7 Å². The van der Waals surface area contributed by atoms with Crippen molar-refractivity contribution in [1.82, 2.24) is 19.7 Å². The van der Waals surface area contributed by atoms with Gasteiger partial charge in [0.1, 0.15) is 16.5 Å². The quantitative estimate of drug-likeness (QED) is 0.255. The average Bonchev–Trinajstić information content (AvgIpc) is 3.35. The van der Waals surface area contributed by atoms with Gasteiger partial charge in [-0.15, -0.1) is 5.10 Å². The SMILES string of the molecule is Cc1c([N+](=O)[O-])c(OCCCNc2nc(Cl)ncc2Cl)nn1C1CCC2(CC1)OCCO2. The van der Waals surface area contributed by atoms with Crippen molar-refractivity contribution in [1.29, 1.82) is 0 Å². The van der Waals surface area contributed by atoms with Gasteiger partial charge in [0.05, 0.1) is 37.0 Å². The van der Waals surface area contributed by atoms with Crippen LogP contribution < -0.4 is 10.1 Å². The van der Waals surface area contributed by atoms with Crippen LogP contribution in [0.3, 0.4) is 0 Å². The van der Waals surface area contributed by atoms with Crippen molar-refractivity contribution < 1.29 is 19.1 Å². The van der Waals surface area contributed by atoms with Crippen LogP contribution in [0.1, 0.15) is 43.8 Å². The number of anilines is 1. The number of nitrogens with one attached hydrogen (secondary N) is 1. The number of halogens is 2. The molecule has 0 bridgehead atoms. The monoisotopic (exact) mass is 486 g/mol. The second kappa shape index (κ2) is 9.74. The zero-order valence-electron chi connectivity index (χ0n) is 17.6. The number of hydrogen-bond acceptors (Lipinski definition) is 9. The molecule has 1 N–H and O–H groups in total. The molecule has 2 aromatic heterocycles. The molecule has 1 aliphatic heterocycles. The zero-order valence-corrected chi connectivity index (χ0v) is 19.1. The Morgan fingerprint density at radius 1 is 1.34 bits per heavy atom. The van der Waals surface area contributed by atoms with Gasteiger partial charge >= 0.3 is 11.6 Å². The summed E-state index contributed by atoms with van der Waals surface area (Å²) in [5, 5.41) is 19.6. The molecule has 1 saturated carbocycles. The van der Waals surface area contributed by atoms with Crippen LogP contribution in [0.5, 0.6) is 5.88 Å². The molecule has 0 aromatic carbocycles. The lowest BCUT2D eigenvalue weighted by Gasteiger charge is -2.35. The standard InChI is InChI=1S/C19H24Cl2N6O5/c1-12-15(27(28)29)17(30-8-2-7-22-16-14(20)11-23-18(21)24-16)25-26(12)13-3-5-19(6-4-13)31-9-10-32-19/h11,13H,2-10H2,1H3,(H,22,23,24). The van der Waals surface area contributed by atoms with Gasteiger partial charge in [-0.3, -0.25) is 14.8 Å². The van der Waals surface area contributed by atoms with Gasteiger partial charge in [0.25, 0.3) is 0 Å². The molecule has 174 valence electrons. The van der Waals surface area contributed by atoms with Crippen molar-refractivity contribution >= 4 is 34.7 Å². The Hall–Kier alpha value is -2.21. The number of nitro groups is 1. The van der Waals surface area contributed by atoms with E-state index in [4.69, 9.17) is 37.4 Å². The maximum absolute atomic E-state index is 11.7. The van der Waals surface area contributed by atoms with Crippen LogP contribution in [0.25, 0.3) is 0 Å². The summed E-state index contributed by atoms with van der Waals surface area (Å²) in [5.41, 5.74) is 0.386. The van der Waals surface area contributed by atoms with Gasteiger partial charge in [-0.2, -0.15) is 4.98 Å². The molecule has 2 aromatic rings. The minimum atomic E-state index is -0.493. The molecule has 3 heterocycles. The van der Waals surface area contributed by atoms with E-state index in [9.17, 15) is 10.1 Å². The van der Waals surface area contributed by atoms with Crippen LogP contribution in [0.2, 0.25) is 10.3 Å². The lowest BCUT2D eigenvalue weighted by Crippen LogP contribution is -2.36. The third-order valence-corrected chi connectivity index (χ3v) is 6.17. The summed E-state index contributed by atoms with van der Waals surface area (Å²) in [4.78, 5) is 19.0. The second-order valence-electron chi connectivity index (χ2n) is 7.74. The van der Waals surface area contributed by atoms with Gasteiger partial charge in [0, 0.05) is 19.4 Å². The van der Waals surface area contributed by atoms with Gasteiger partial charge in [0.15, 0.2) is 5.79 Å². The van der Waals surface area contributed by atoms with Crippen molar-refractivity contribution in [2.45, 2.75) is 50.9 Å². The molecular weight excluding hydrogens is 463 g/mol. The van der Waals surface area contributed by atoms with Crippen molar-refractivity contribution in [3.05, 3.63) is 32.3 Å². The Morgan fingerprint density at radius 3 is 2.75 bits per heavy atom. The summed E-state index contributed by atoms with van der Waals surface area (Å²) in [5.74, 6) is -0.0422. The topological polar surface area (TPSA) is 126 Å². The molecule has 4 rings (SSSR count). The molecule has 2 fully saturated rings. The van der Waals surface area contributed by atoms with E-state index in [-0.39, 0.29) is 29.5 Å². The van der Waals surface area contributed by atoms with E-state index in [1.807, 2.05) is 0 Å². The molecular formula is C19H24Cl2N6O5. The molecule has 2 aliphatic rings. The third-order valence-electron chi connectivity index (χ3n) is 5.71. The van der Waals surface area contributed by atoms with E-state index in [0.29, 0.717) is 42.7 Å². The predicted molar refractivity (Wildman–Crippen MR) is 116 cm³/mol. The summed E-state index contributed by atoms with van der Waals surface area (Å²) < 4.78 is 18.9. The van der Waals surface area contributed by atoms with E-state index in [2.05, 4.69) is 20.4 Å². The van der Waals surface area contributed by atoms with E-state index >= 15 is 0 Å². The molecule has 13 heteroatoms. The van der Waals surface area contributed by atoms with E-state index in [0.717, 1.165) is 25.7 Å². The number of ether oxygens (including phenoxy) is 3. The first kappa shape index (κ1) is 23.0. The highest BCUT2D eigenvalue weighted by Crippen LogP contribution is 2.42. The first-order valence-corrected chi connectivity index (χ1v) is 11.2. The first-order chi connectivity index (χ1) is 15.4. The number of nitrogens with zero attached hydrogens (tertiary/aromatic N) is 5. The van der Waals surface area contributed by atoms with Gasteiger partial charge < -0.3 is 19.5 Å². The maximum atomic E-state index is 11.7. The fourth-order valence-electron chi connectivity index (χ4n) is 4.14. The average molecular weight is 487 g/mol. The normalized spacial score (nSPS) is 18.2. The van der Waals surface area contributed by atoms with Crippen molar-refractivity contribution in [3.8, 4) is 5.88 Å². The molecule has 1 saturated heterocycles. The predicted octanol–water partition coefficient (Wildman–Crippen LogP) is 3.94. The molecule has 0 radical (unpaired) electrons. The smallest absolute Gasteiger partial charge is 0.352 e. The Kier molecular flexibility index (Phi) is 6.99. The molecule has 32 heavy (non-hydrogen) atoms.